The van der Waals surface area contributed by atoms with Crippen molar-refractivity contribution in [3.63, 3.8) is 0 Å². The Balaban J connectivity index is 2.06. The van der Waals surface area contributed by atoms with Crippen molar-refractivity contribution in [3.8, 4) is 0 Å². The molecular weight excluding hydrogens is 628 g/mol. The highest BCUT2D eigenvalue weighted by Crippen LogP contribution is 2.31. The van der Waals surface area contributed by atoms with Gasteiger partial charge in [-0.25, -0.2) is 8.42 Å². The predicted molar refractivity (Wildman–Crippen MR) is 167 cm³/mol. The lowest BCUT2D eigenvalue weighted by Gasteiger charge is -2.32. The van der Waals surface area contributed by atoms with Gasteiger partial charge in [-0.1, -0.05) is 77.1 Å². The van der Waals surface area contributed by atoms with Crippen molar-refractivity contribution < 1.29 is 18.0 Å². The van der Waals surface area contributed by atoms with Crippen LogP contribution in [-0.4, -0.2) is 43.8 Å². The zero-order valence-electron chi connectivity index (χ0n) is 23.0. The first-order valence-corrected chi connectivity index (χ1v) is 15.8. The second kappa shape index (κ2) is 14.1. The van der Waals surface area contributed by atoms with Gasteiger partial charge < -0.3 is 10.2 Å². The number of hydrogen-bond acceptors (Lipinski definition) is 4. The average Bonchev–Trinajstić information content (AvgIpc) is 2.93. The summed E-state index contributed by atoms with van der Waals surface area (Å²) >= 11 is 24.6. The van der Waals surface area contributed by atoms with Crippen LogP contribution in [0.5, 0.6) is 0 Å². The topological polar surface area (TPSA) is 86.8 Å². The van der Waals surface area contributed by atoms with Crippen molar-refractivity contribution in [2.45, 2.75) is 57.6 Å². The molecule has 0 aliphatic carbocycles. The maximum Gasteiger partial charge on any atom is 0.264 e. The molecule has 2 atom stereocenters. The number of nitrogens with zero attached hydrogens (tertiary/aromatic N) is 2. The summed E-state index contributed by atoms with van der Waals surface area (Å²) in [5.74, 6) is -1.00. The lowest BCUT2D eigenvalue weighted by molar-refractivity contribution is -0.139. The van der Waals surface area contributed by atoms with Crippen LogP contribution in [0.3, 0.4) is 0 Å². The summed E-state index contributed by atoms with van der Waals surface area (Å²) in [6.45, 7) is 6.57. The number of halogens is 4. The number of benzene rings is 3. The molecule has 2 amide bonds. The number of anilines is 1. The van der Waals surface area contributed by atoms with Gasteiger partial charge in [0.1, 0.15) is 12.6 Å². The number of aryl methyl sites for hydroxylation is 1. The smallest absolute Gasteiger partial charge is 0.264 e. The molecule has 0 aliphatic rings. The van der Waals surface area contributed by atoms with Crippen LogP contribution in [0.15, 0.2) is 65.6 Å². The van der Waals surface area contributed by atoms with Gasteiger partial charge in [-0.2, -0.15) is 0 Å². The normalized spacial score (nSPS) is 12.9. The Morgan fingerprint density at radius 1 is 0.854 bits per heavy atom. The molecule has 3 aromatic carbocycles. The Morgan fingerprint density at radius 2 is 1.44 bits per heavy atom. The summed E-state index contributed by atoms with van der Waals surface area (Å²) in [6.07, 6.45) is 0.694. The van der Waals surface area contributed by atoms with Gasteiger partial charge in [-0.3, -0.25) is 13.9 Å². The quantitative estimate of drug-likeness (QED) is 0.237. The van der Waals surface area contributed by atoms with Gasteiger partial charge in [-0.05, 0) is 75.2 Å². The van der Waals surface area contributed by atoms with Gasteiger partial charge in [0.25, 0.3) is 10.0 Å². The number of nitrogens with one attached hydrogen (secondary N) is 1. The van der Waals surface area contributed by atoms with E-state index in [4.69, 9.17) is 46.4 Å². The van der Waals surface area contributed by atoms with Crippen molar-refractivity contribution >= 4 is 73.9 Å². The monoisotopic (exact) mass is 657 g/mol. The van der Waals surface area contributed by atoms with Gasteiger partial charge in [0.05, 0.1) is 30.7 Å². The number of sulfonamides is 1. The van der Waals surface area contributed by atoms with Gasteiger partial charge >= 0.3 is 0 Å². The molecule has 41 heavy (non-hydrogen) atoms. The minimum Gasteiger partial charge on any atom is -0.352 e. The van der Waals surface area contributed by atoms with E-state index in [1.54, 1.807) is 37.3 Å². The van der Waals surface area contributed by atoms with Crippen molar-refractivity contribution in [2.75, 3.05) is 10.8 Å². The molecule has 0 radical (unpaired) electrons. The summed E-state index contributed by atoms with van der Waals surface area (Å²) < 4.78 is 28.8. The number of amides is 2. The lowest BCUT2D eigenvalue weighted by Crippen LogP contribution is -2.52. The molecule has 0 heterocycles. The first kappa shape index (κ1) is 33.0. The highest BCUT2D eigenvalue weighted by atomic mass is 35.5. The lowest BCUT2D eigenvalue weighted by atomic mass is 10.1. The number of carbonyl (C=O) groups is 2. The molecule has 0 spiro atoms. The Labute approximate surface area is 261 Å². The number of carbonyl (C=O) groups excluding carboxylic acids is 2. The van der Waals surface area contributed by atoms with E-state index in [0.29, 0.717) is 17.0 Å². The molecule has 0 bridgehead atoms. The zero-order valence-corrected chi connectivity index (χ0v) is 26.8. The zero-order chi connectivity index (χ0) is 30.5. The molecule has 0 saturated heterocycles. The van der Waals surface area contributed by atoms with Gasteiger partial charge in [-0.15, -0.1) is 0 Å². The van der Waals surface area contributed by atoms with E-state index in [-0.39, 0.29) is 44.1 Å². The van der Waals surface area contributed by atoms with E-state index in [0.717, 1.165) is 9.87 Å². The first-order chi connectivity index (χ1) is 19.2. The molecule has 3 aromatic rings. The summed E-state index contributed by atoms with van der Waals surface area (Å²) in [4.78, 5) is 28.4. The fourth-order valence-electron chi connectivity index (χ4n) is 3.89. The Kier molecular flexibility index (Phi) is 11.4. The van der Waals surface area contributed by atoms with Crippen molar-refractivity contribution in [3.05, 3.63) is 91.9 Å². The van der Waals surface area contributed by atoms with E-state index in [2.05, 4.69) is 5.32 Å². The number of rotatable bonds is 11. The molecule has 0 aliphatic heterocycles. The van der Waals surface area contributed by atoms with Crippen LogP contribution in [0.4, 0.5) is 5.69 Å². The summed E-state index contributed by atoms with van der Waals surface area (Å²) in [6, 6.07) is 14.4. The van der Waals surface area contributed by atoms with Crippen LogP contribution in [0.25, 0.3) is 0 Å². The van der Waals surface area contributed by atoms with Crippen molar-refractivity contribution in [1.29, 1.82) is 0 Å². The molecule has 3 rings (SSSR count). The number of hydrogen-bond donors (Lipinski definition) is 1. The molecular formula is C29H31Cl4N3O4S. The molecule has 7 nitrogen and oxygen atoms in total. The molecule has 1 N–H and O–H groups in total. The van der Waals surface area contributed by atoms with Crippen LogP contribution < -0.4 is 9.62 Å². The van der Waals surface area contributed by atoms with E-state index in [9.17, 15) is 18.0 Å². The largest absolute Gasteiger partial charge is 0.352 e. The predicted octanol–water partition coefficient (Wildman–Crippen LogP) is 7.14. The molecule has 0 fully saturated rings. The third kappa shape index (κ3) is 8.30. The van der Waals surface area contributed by atoms with E-state index in [1.165, 1.54) is 35.2 Å². The fraction of sp³-hybridized carbons (Fsp3) is 0.310. The van der Waals surface area contributed by atoms with E-state index >= 15 is 0 Å². The van der Waals surface area contributed by atoms with Crippen LogP contribution >= 0.6 is 46.4 Å². The van der Waals surface area contributed by atoms with Gasteiger partial charge in [0.15, 0.2) is 0 Å². The third-order valence-corrected chi connectivity index (χ3v) is 9.85. The average molecular weight is 659 g/mol. The molecule has 220 valence electrons. The van der Waals surface area contributed by atoms with Gasteiger partial charge in [0, 0.05) is 12.6 Å². The van der Waals surface area contributed by atoms with Gasteiger partial charge in [0.2, 0.25) is 11.8 Å². The highest BCUT2D eigenvalue weighted by molar-refractivity contribution is 7.92. The minimum atomic E-state index is -4.24. The Hall–Kier alpha value is -2.49. The standard InChI is InChI=1S/C29H31Cl4N3O4S/c1-5-19(3)34-29(38)20(4)35(16-21-8-12-24(30)26(32)14-21)28(37)17-36(22-9-13-25(31)27(33)15-22)41(39,40)23-10-6-18(2)7-11-23/h6-15,19-20H,5,16-17H2,1-4H3,(H,34,38)/t19-,20+/m0/s1. The van der Waals surface area contributed by atoms with Crippen LogP contribution in [0.2, 0.25) is 20.1 Å². The molecule has 12 heteroatoms. The maximum absolute atomic E-state index is 14.0. The summed E-state index contributed by atoms with van der Waals surface area (Å²) in [5, 5.41) is 3.86. The van der Waals surface area contributed by atoms with Crippen molar-refractivity contribution in [1.82, 2.24) is 10.2 Å². The molecule has 0 unspecified atom stereocenters. The fourth-order valence-corrected chi connectivity index (χ4v) is 5.91. The summed E-state index contributed by atoms with van der Waals surface area (Å²) in [5.41, 5.74) is 1.62. The third-order valence-electron chi connectivity index (χ3n) is 6.58. The molecule has 0 aromatic heterocycles. The SMILES string of the molecule is CC[C@H](C)NC(=O)[C@@H](C)N(Cc1ccc(Cl)c(Cl)c1)C(=O)CN(c1ccc(Cl)c(Cl)c1)S(=O)(=O)c1ccc(C)cc1. The highest BCUT2D eigenvalue weighted by Gasteiger charge is 2.33. The second-order valence-corrected chi connectivity index (χ2v) is 13.2. The molecule has 0 saturated carbocycles. The second-order valence-electron chi connectivity index (χ2n) is 9.69. The van der Waals surface area contributed by atoms with Crippen LogP contribution in [-0.2, 0) is 26.2 Å². The van der Waals surface area contributed by atoms with Crippen LogP contribution in [0.1, 0.15) is 38.3 Å². The Bertz CT molecular complexity index is 1520. The Morgan fingerprint density at radius 3 is 2.00 bits per heavy atom. The van der Waals surface area contributed by atoms with E-state index in [1.807, 2.05) is 20.8 Å². The minimum absolute atomic E-state index is 0.0134. The van der Waals surface area contributed by atoms with E-state index < -0.39 is 28.5 Å². The van der Waals surface area contributed by atoms with Crippen LogP contribution in [0, 0.1) is 6.92 Å². The van der Waals surface area contributed by atoms with Crippen molar-refractivity contribution in [2.24, 2.45) is 0 Å². The maximum atomic E-state index is 14.0. The summed E-state index contributed by atoms with van der Waals surface area (Å²) in [7, 11) is -4.24. The first-order valence-electron chi connectivity index (χ1n) is 12.8.